The topological polar surface area (TPSA) is 78.5 Å². The molecule has 1 saturated heterocycles. The second kappa shape index (κ2) is 7.09. The highest BCUT2D eigenvalue weighted by atomic mass is 16.2. The average Bonchev–Trinajstić information content (AvgIpc) is 2.83. The highest BCUT2D eigenvalue weighted by Gasteiger charge is 2.52. The molecule has 2 fully saturated rings. The molecule has 1 heterocycles. The molecule has 1 aromatic rings. The zero-order chi connectivity index (χ0) is 18.9. The van der Waals surface area contributed by atoms with Crippen molar-refractivity contribution in [2.24, 2.45) is 5.92 Å². The monoisotopic (exact) mass is 357 g/mol. The van der Waals surface area contributed by atoms with Gasteiger partial charge in [0.2, 0.25) is 5.91 Å². The third-order valence-corrected chi connectivity index (χ3v) is 5.87. The summed E-state index contributed by atoms with van der Waals surface area (Å²) in [7, 11) is 0. The Morgan fingerprint density at radius 1 is 1.23 bits per heavy atom. The maximum atomic E-state index is 12.8. The van der Waals surface area contributed by atoms with Crippen LogP contribution in [0, 0.1) is 19.8 Å². The number of amides is 4. The number of nitrogens with one attached hydrogen (secondary N) is 2. The van der Waals surface area contributed by atoms with Gasteiger partial charge >= 0.3 is 6.03 Å². The van der Waals surface area contributed by atoms with Gasteiger partial charge in [-0.3, -0.25) is 14.5 Å². The Labute approximate surface area is 154 Å². The summed E-state index contributed by atoms with van der Waals surface area (Å²) in [5, 5.41) is 5.63. The molecule has 3 rings (SSSR count). The van der Waals surface area contributed by atoms with Crippen LogP contribution in [0.1, 0.15) is 50.2 Å². The third-order valence-electron chi connectivity index (χ3n) is 5.87. The SMILES string of the molecule is CCC1CCC2(CC1)NC(=O)N(CC(=O)Nc1ccc(C)c(C)c1)C2=O. The third kappa shape index (κ3) is 3.45. The predicted octanol–water partition coefficient (Wildman–Crippen LogP) is 3.13. The van der Waals surface area contributed by atoms with Crippen LogP contribution in [0.25, 0.3) is 0 Å². The van der Waals surface area contributed by atoms with E-state index in [0.717, 1.165) is 35.3 Å². The summed E-state index contributed by atoms with van der Waals surface area (Å²) >= 11 is 0. The normalized spacial score (nSPS) is 25.5. The van der Waals surface area contributed by atoms with Crippen molar-refractivity contribution >= 4 is 23.5 Å². The van der Waals surface area contributed by atoms with E-state index >= 15 is 0 Å². The number of nitrogens with zero attached hydrogens (tertiary/aromatic N) is 1. The number of carbonyl (C=O) groups excluding carboxylic acids is 3. The summed E-state index contributed by atoms with van der Waals surface area (Å²) in [5.41, 5.74) is 2.08. The van der Waals surface area contributed by atoms with Gasteiger partial charge in [0.15, 0.2) is 0 Å². The molecule has 0 bridgehead atoms. The molecular weight excluding hydrogens is 330 g/mol. The molecule has 0 atom stereocenters. The van der Waals surface area contributed by atoms with Crippen LogP contribution >= 0.6 is 0 Å². The minimum atomic E-state index is -0.802. The average molecular weight is 357 g/mol. The van der Waals surface area contributed by atoms with Gasteiger partial charge in [0.25, 0.3) is 5.91 Å². The van der Waals surface area contributed by atoms with Crippen LogP contribution in [0.2, 0.25) is 0 Å². The fourth-order valence-electron chi connectivity index (χ4n) is 3.90. The van der Waals surface area contributed by atoms with E-state index in [1.807, 2.05) is 32.0 Å². The van der Waals surface area contributed by atoms with Crippen LogP contribution in [0.4, 0.5) is 10.5 Å². The summed E-state index contributed by atoms with van der Waals surface area (Å²) in [5.74, 6) is -0.00390. The van der Waals surface area contributed by atoms with Crippen molar-refractivity contribution < 1.29 is 14.4 Å². The van der Waals surface area contributed by atoms with Crippen molar-refractivity contribution in [3.05, 3.63) is 29.3 Å². The van der Waals surface area contributed by atoms with Gasteiger partial charge in [0.05, 0.1) is 0 Å². The van der Waals surface area contributed by atoms with Gasteiger partial charge in [-0.25, -0.2) is 4.79 Å². The molecular formula is C20H27N3O3. The van der Waals surface area contributed by atoms with E-state index < -0.39 is 11.6 Å². The van der Waals surface area contributed by atoms with Gasteiger partial charge in [-0.05, 0) is 68.7 Å². The molecule has 2 aliphatic rings. The molecule has 1 aliphatic heterocycles. The fourth-order valence-corrected chi connectivity index (χ4v) is 3.90. The van der Waals surface area contributed by atoms with E-state index in [0.29, 0.717) is 24.4 Å². The first-order valence-corrected chi connectivity index (χ1v) is 9.36. The molecule has 1 saturated carbocycles. The van der Waals surface area contributed by atoms with Crippen LogP contribution in [0.3, 0.4) is 0 Å². The second-order valence-corrected chi connectivity index (χ2v) is 7.60. The van der Waals surface area contributed by atoms with Gasteiger partial charge in [0.1, 0.15) is 12.1 Å². The van der Waals surface area contributed by atoms with Crippen molar-refractivity contribution in [1.82, 2.24) is 10.2 Å². The van der Waals surface area contributed by atoms with Crippen LogP contribution in [-0.2, 0) is 9.59 Å². The number of hydrogen-bond donors (Lipinski definition) is 2. The number of aryl methyl sites for hydroxylation is 2. The lowest BCUT2D eigenvalue weighted by molar-refractivity contribution is -0.135. The van der Waals surface area contributed by atoms with E-state index in [2.05, 4.69) is 17.6 Å². The van der Waals surface area contributed by atoms with Crippen LogP contribution in [0.15, 0.2) is 18.2 Å². The molecule has 2 N–H and O–H groups in total. The van der Waals surface area contributed by atoms with Crippen LogP contribution < -0.4 is 10.6 Å². The Hall–Kier alpha value is -2.37. The molecule has 4 amide bonds. The zero-order valence-electron chi connectivity index (χ0n) is 15.7. The summed E-state index contributed by atoms with van der Waals surface area (Å²) in [6, 6.07) is 5.17. The minimum absolute atomic E-state index is 0.253. The van der Waals surface area contributed by atoms with E-state index in [-0.39, 0.29) is 18.4 Å². The first-order chi connectivity index (χ1) is 12.3. The summed E-state index contributed by atoms with van der Waals surface area (Å²) in [6.07, 6.45) is 4.29. The fraction of sp³-hybridized carbons (Fsp3) is 0.550. The highest BCUT2D eigenvalue weighted by molar-refractivity contribution is 6.10. The Morgan fingerprint density at radius 2 is 1.92 bits per heavy atom. The lowest BCUT2D eigenvalue weighted by atomic mass is 9.75. The van der Waals surface area contributed by atoms with Crippen LogP contribution in [0.5, 0.6) is 0 Å². The number of rotatable bonds is 4. The lowest BCUT2D eigenvalue weighted by Gasteiger charge is -2.34. The van der Waals surface area contributed by atoms with Gasteiger partial charge < -0.3 is 10.6 Å². The maximum absolute atomic E-state index is 12.8. The molecule has 0 radical (unpaired) electrons. The van der Waals surface area contributed by atoms with E-state index in [4.69, 9.17) is 0 Å². The number of benzene rings is 1. The lowest BCUT2D eigenvalue weighted by Crippen LogP contribution is -2.49. The Kier molecular flexibility index (Phi) is 5.03. The Balaban J connectivity index is 1.64. The highest BCUT2D eigenvalue weighted by Crippen LogP contribution is 2.37. The largest absolute Gasteiger partial charge is 0.325 e. The number of carbonyl (C=O) groups is 3. The first kappa shape index (κ1) is 18.4. The smallest absolute Gasteiger partial charge is 0.325 e. The summed E-state index contributed by atoms with van der Waals surface area (Å²) in [6.45, 7) is 5.87. The van der Waals surface area contributed by atoms with Gasteiger partial charge in [-0.15, -0.1) is 0 Å². The zero-order valence-corrected chi connectivity index (χ0v) is 15.7. The number of anilines is 1. The number of imide groups is 1. The van der Waals surface area contributed by atoms with Gasteiger partial charge in [0, 0.05) is 5.69 Å². The summed E-state index contributed by atoms with van der Waals surface area (Å²) < 4.78 is 0. The van der Waals surface area contributed by atoms with Crippen LogP contribution in [-0.4, -0.2) is 34.8 Å². The Morgan fingerprint density at radius 3 is 2.54 bits per heavy atom. The molecule has 1 aromatic carbocycles. The van der Waals surface area contributed by atoms with Crippen molar-refractivity contribution in [3.63, 3.8) is 0 Å². The van der Waals surface area contributed by atoms with Gasteiger partial charge in [-0.2, -0.15) is 0 Å². The molecule has 6 nitrogen and oxygen atoms in total. The molecule has 1 spiro atoms. The minimum Gasteiger partial charge on any atom is -0.325 e. The van der Waals surface area contributed by atoms with E-state index in [9.17, 15) is 14.4 Å². The van der Waals surface area contributed by atoms with Crippen molar-refractivity contribution in [2.75, 3.05) is 11.9 Å². The molecule has 26 heavy (non-hydrogen) atoms. The maximum Gasteiger partial charge on any atom is 0.325 e. The number of hydrogen-bond acceptors (Lipinski definition) is 3. The van der Waals surface area contributed by atoms with Crippen molar-refractivity contribution in [3.8, 4) is 0 Å². The molecule has 6 heteroatoms. The standard InChI is InChI=1S/C20H27N3O3/c1-4-15-7-9-20(10-8-15)18(25)23(19(26)22-20)12-17(24)21-16-6-5-13(2)14(3)11-16/h5-6,11,15H,4,7-10,12H2,1-3H3,(H,21,24)(H,22,26). The molecule has 140 valence electrons. The van der Waals surface area contributed by atoms with Crippen molar-refractivity contribution in [2.45, 2.75) is 58.4 Å². The quantitative estimate of drug-likeness (QED) is 0.813. The summed E-state index contributed by atoms with van der Waals surface area (Å²) in [4.78, 5) is 38.5. The number of urea groups is 1. The second-order valence-electron chi connectivity index (χ2n) is 7.60. The first-order valence-electron chi connectivity index (χ1n) is 9.36. The van der Waals surface area contributed by atoms with Gasteiger partial charge in [-0.1, -0.05) is 19.4 Å². The van der Waals surface area contributed by atoms with E-state index in [1.165, 1.54) is 0 Å². The predicted molar refractivity (Wildman–Crippen MR) is 99.8 cm³/mol. The van der Waals surface area contributed by atoms with Crippen molar-refractivity contribution in [1.29, 1.82) is 0 Å². The molecule has 0 aromatic heterocycles. The Bertz CT molecular complexity index is 736. The van der Waals surface area contributed by atoms with E-state index in [1.54, 1.807) is 0 Å². The molecule has 0 unspecified atom stereocenters. The molecule has 1 aliphatic carbocycles.